The van der Waals surface area contributed by atoms with Crippen LogP contribution in [0, 0.1) is 5.82 Å². The van der Waals surface area contributed by atoms with E-state index < -0.39 is 0 Å². The van der Waals surface area contributed by atoms with Crippen LogP contribution in [0.5, 0.6) is 0 Å². The minimum absolute atomic E-state index is 0.0143. The molecule has 0 spiro atoms. The van der Waals surface area contributed by atoms with Gasteiger partial charge in [-0.05, 0) is 47.8 Å². The molecule has 0 amide bonds. The smallest absolute Gasteiger partial charge is 0.147 e. The minimum Gasteiger partial charge on any atom is -0.376 e. The Labute approximate surface area is 126 Å². The zero-order chi connectivity index (χ0) is 13.8. The standard InChI is InChI=1S/C14H18BrClFNO/c1-2-18-14(11-5-3-4-8-19-11)9-6-7-10(15)12(16)13(9)17/h6-7,11,14,18H,2-5,8H2,1H3. The molecule has 1 heterocycles. The summed E-state index contributed by atoms with van der Waals surface area (Å²) in [5.41, 5.74) is 0.585. The van der Waals surface area contributed by atoms with Crippen LogP contribution in [0.25, 0.3) is 0 Å². The molecule has 1 aromatic carbocycles. The van der Waals surface area contributed by atoms with Crippen LogP contribution >= 0.6 is 27.5 Å². The van der Waals surface area contributed by atoms with Gasteiger partial charge in [0.15, 0.2) is 0 Å². The summed E-state index contributed by atoms with van der Waals surface area (Å²) in [5.74, 6) is -0.365. The van der Waals surface area contributed by atoms with Gasteiger partial charge in [-0.2, -0.15) is 0 Å². The van der Waals surface area contributed by atoms with E-state index in [4.69, 9.17) is 16.3 Å². The number of rotatable bonds is 4. The lowest BCUT2D eigenvalue weighted by atomic mass is 9.95. The van der Waals surface area contributed by atoms with E-state index in [0.717, 1.165) is 32.4 Å². The summed E-state index contributed by atoms with van der Waals surface area (Å²) in [5, 5.41) is 3.45. The van der Waals surface area contributed by atoms with E-state index in [0.29, 0.717) is 10.0 Å². The maximum absolute atomic E-state index is 14.3. The Balaban J connectivity index is 2.30. The first-order chi connectivity index (χ1) is 9.15. The van der Waals surface area contributed by atoms with Crippen LogP contribution in [0.2, 0.25) is 5.02 Å². The Kier molecular flexibility index (Phi) is 5.63. The van der Waals surface area contributed by atoms with E-state index in [1.165, 1.54) is 0 Å². The molecule has 0 saturated carbocycles. The summed E-state index contributed by atoms with van der Waals surface area (Å²) in [4.78, 5) is 0. The fraction of sp³-hybridized carbons (Fsp3) is 0.571. The van der Waals surface area contributed by atoms with Crippen molar-refractivity contribution in [3.8, 4) is 0 Å². The fourth-order valence-electron chi connectivity index (χ4n) is 2.47. The molecule has 2 nitrogen and oxygen atoms in total. The molecular weight excluding hydrogens is 333 g/mol. The molecule has 1 N–H and O–H groups in total. The highest BCUT2D eigenvalue weighted by Gasteiger charge is 2.28. The predicted molar refractivity (Wildman–Crippen MR) is 79.1 cm³/mol. The van der Waals surface area contributed by atoms with Gasteiger partial charge in [0.1, 0.15) is 5.82 Å². The molecule has 0 aromatic heterocycles. The third-order valence-corrected chi connectivity index (χ3v) is 4.67. The second-order valence-electron chi connectivity index (χ2n) is 4.70. The number of nitrogens with one attached hydrogen (secondary N) is 1. The number of likely N-dealkylation sites (N-methyl/N-ethyl adjacent to an activating group) is 1. The van der Waals surface area contributed by atoms with Gasteiger partial charge in [-0.3, -0.25) is 0 Å². The molecule has 19 heavy (non-hydrogen) atoms. The molecule has 1 aliphatic rings. The van der Waals surface area contributed by atoms with Crippen LogP contribution in [0.15, 0.2) is 16.6 Å². The lowest BCUT2D eigenvalue weighted by Crippen LogP contribution is -2.36. The van der Waals surface area contributed by atoms with Gasteiger partial charge in [-0.25, -0.2) is 4.39 Å². The molecule has 2 unspecified atom stereocenters. The summed E-state index contributed by atoms with van der Waals surface area (Å²) in [6.45, 7) is 3.52. The molecule has 0 bridgehead atoms. The van der Waals surface area contributed by atoms with Gasteiger partial charge in [0, 0.05) is 16.6 Å². The van der Waals surface area contributed by atoms with Crippen LogP contribution in [0.3, 0.4) is 0 Å². The van der Waals surface area contributed by atoms with Crippen LogP contribution in [-0.4, -0.2) is 19.3 Å². The van der Waals surface area contributed by atoms with Gasteiger partial charge >= 0.3 is 0 Å². The third kappa shape index (κ3) is 3.48. The Hall–Kier alpha value is -0.160. The van der Waals surface area contributed by atoms with Gasteiger partial charge in [0.25, 0.3) is 0 Å². The number of ether oxygens (including phenoxy) is 1. The van der Waals surface area contributed by atoms with Crippen LogP contribution in [0.1, 0.15) is 37.8 Å². The van der Waals surface area contributed by atoms with E-state index in [-0.39, 0.29) is 23.0 Å². The monoisotopic (exact) mass is 349 g/mol. The van der Waals surface area contributed by atoms with E-state index in [1.54, 1.807) is 12.1 Å². The van der Waals surface area contributed by atoms with Gasteiger partial charge in [0.05, 0.1) is 17.2 Å². The van der Waals surface area contributed by atoms with Crippen molar-refractivity contribution < 1.29 is 9.13 Å². The maximum atomic E-state index is 14.3. The Morgan fingerprint density at radius 2 is 2.32 bits per heavy atom. The first-order valence-corrected chi connectivity index (χ1v) is 7.80. The highest BCUT2D eigenvalue weighted by molar-refractivity contribution is 9.10. The summed E-state index contributed by atoms with van der Waals surface area (Å²) >= 11 is 9.22. The number of hydrogen-bond donors (Lipinski definition) is 1. The molecule has 0 aliphatic carbocycles. The highest BCUT2D eigenvalue weighted by atomic mass is 79.9. The molecule has 1 aliphatic heterocycles. The van der Waals surface area contributed by atoms with Crippen molar-refractivity contribution in [3.63, 3.8) is 0 Å². The average Bonchev–Trinajstić information content (AvgIpc) is 2.44. The third-order valence-electron chi connectivity index (χ3n) is 3.41. The van der Waals surface area contributed by atoms with Gasteiger partial charge in [0.2, 0.25) is 0 Å². The van der Waals surface area contributed by atoms with E-state index >= 15 is 0 Å². The van der Waals surface area contributed by atoms with Gasteiger partial charge < -0.3 is 10.1 Å². The molecule has 0 radical (unpaired) electrons. The quantitative estimate of drug-likeness (QED) is 0.809. The Morgan fingerprint density at radius 1 is 1.53 bits per heavy atom. The Bertz CT molecular complexity index is 438. The predicted octanol–water partition coefficient (Wildman–Crippen LogP) is 4.46. The molecular formula is C14H18BrClFNO. The summed E-state index contributed by atoms with van der Waals surface area (Å²) in [7, 11) is 0. The largest absolute Gasteiger partial charge is 0.376 e. The minimum atomic E-state index is -0.365. The van der Waals surface area contributed by atoms with Crippen molar-refractivity contribution in [2.75, 3.05) is 13.2 Å². The normalized spacial score (nSPS) is 21.4. The highest BCUT2D eigenvalue weighted by Crippen LogP contribution is 2.34. The van der Waals surface area contributed by atoms with E-state index in [2.05, 4.69) is 21.2 Å². The molecule has 5 heteroatoms. The van der Waals surface area contributed by atoms with Gasteiger partial charge in [-0.15, -0.1) is 0 Å². The van der Waals surface area contributed by atoms with Crippen molar-refractivity contribution in [2.45, 2.75) is 38.3 Å². The second kappa shape index (κ2) is 7.02. The second-order valence-corrected chi connectivity index (χ2v) is 5.94. The number of halogens is 3. The molecule has 1 saturated heterocycles. The Morgan fingerprint density at radius 3 is 2.95 bits per heavy atom. The van der Waals surface area contributed by atoms with Crippen molar-refractivity contribution >= 4 is 27.5 Å². The summed E-state index contributed by atoms with van der Waals surface area (Å²) in [6.07, 6.45) is 3.17. The molecule has 1 aromatic rings. The van der Waals surface area contributed by atoms with Gasteiger partial charge in [-0.1, -0.05) is 24.6 Å². The zero-order valence-electron chi connectivity index (χ0n) is 10.9. The van der Waals surface area contributed by atoms with E-state index in [1.807, 2.05) is 6.92 Å². The topological polar surface area (TPSA) is 21.3 Å². The van der Waals surface area contributed by atoms with Crippen molar-refractivity contribution in [1.82, 2.24) is 5.32 Å². The molecule has 106 valence electrons. The lowest BCUT2D eigenvalue weighted by Gasteiger charge is -2.31. The van der Waals surface area contributed by atoms with Crippen LogP contribution in [-0.2, 0) is 4.74 Å². The zero-order valence-corrected chi connectivity index (χ0v) is 13.2. The average molecular weight is 351 g/mol. The van der Waals surface area contributed by atoms with Crippen LogP contribution in [0.4, 0.5) is 4.39 Å². The van der Waals surface area contributed by atoms with Crippen molar-refractivity contribution in [3.05, 3.63) is 33.0 Å². The van der Waals surface area contributed by atoms with E-state index in [9.17, 15) is 4.39 Å². The summed E-state index contributed by atoms with van der Waals surface area (Å²) in [6, 6.07) is 3.42. The lowest BCUT2D eigenvalue weighted by molar-refractivity contribution is -0.00856. The number of hydrogen-bond acceptors (Lipinski definition) is 2. The molecule has 1 fully saturated rings. The summed E-state index contributed by atoms with van der Waals surface area (Å²) < 4.78 is 20.7. The molecule has 2 atom stereocenters. The maximum Gasteiger partial charge on any atom is 0.147 e. The first-order valence-electron chi connectivity index (χ1n) is 6.63. The van der Waals surface area contributed by atoms with Crippen LogP contribution < -0.4 is 5.32 Å². The number of benzene rings is 1. The molecule has 2 rings (SSSR count). The SMILES string of the molecule is CCNC(c1ccc(Br)c(Cl)c1F)C1CCCCO1. The van der Waals surface area contributed by atoms with Crippen molar-refractivity contribution in [1.29, 1.82) is 0 Å². The van der Waals surface area contributed by atoms with Crippen molar-refractivity contribution in [2.24, 2.45) is 0 Å². The fourth-order valence-corrected chi connectivity index (χ4v) is 2.95. The first kappa shape index (κ1) is 15.2.